The first-order valence-electron chi connectivity index (χ1n) is 5.13. The summed E-state index contributed by atoms with van der Waals surface area (Å²) >= 11 is 0. The number of carbonyl (C=O) groups is 1. The maximum Gasteiger partial charge on any atom is 0.338 e. The second-order valence-electron chi connectivity index (χ2n) is 3.87. The van der Waals surface area contributed by atoms with Crippen molar-refractivity contribution in [3.63, 3.8) is 0 Å². The summed E-state index contributed by atoms with van der Waals surface area (Å²) in [5.41, 5.74) is 1.29. The van der Waals surface area contributed by atoms with Crippen LogP contribution in [0.1, 0.15) is 19.4 Å². The molecule has 0 fully saturated rings. The third-order valence-corrected chi connectivity index (χ3v) is 1.99. The highest BCUT2D eigenvalue weighted by atomic mass is 16.5. The van der Waals surface area contributed by atoms with E-state index in [-0.39, 0.29) is 0 Å². The Kier molecular flexibility index (Phi) is 4.26. The van der Waals surface area contributed by atoms with Crippen molar-refractivity contribution >= 4 is 5.97 Å². The van der Waals surface area contributed by atoms with Crippen molar-refractivity contribution in [2.75, 3.05) is 0 Å². The molecule has 3 heteroatoms. The minimum absolute atomic E-state index is 0.362. The SMILES string of the molecule is C=C(C)C(=O)Oc1cccc(CC(C)O)c1. The lowest BCUT2D eigenvalue weighted by molar-refractivity contribution is -0.130. The Bertz CT molecular complexity index is 394. The standard InChI is InChI=1S/C13H16O3/c1-9(2)13(15)16-12-6-4-5-11(8-12)7-10(3)14/h4-6,8,10,14H,1,7H2,2-3H3. The number of benzene rings is 1. The molecular weight excluding hydrogens is 204 g/mol. The van der Waals surface area contributed by atoms with Gasteiger partial charge in [-0.2, -0.15) is 0 Å². The zero-order valence-corrected chi connectivity index (χ0v) is 9.56. The summed E-state index contributed by atoms with van der Waals surface area (Å²) in [4.78, 5) is 11.3. The van der Waals surface area contributed by atoms with Gasteiger partial charge in [0.15, 0.2) is 0 Å². The molecule has 1 atom stereocenters. The molecule has 86 valence electrons. The predicted molar refractivity (Wildman–Crippen MR) is 62.3 cm³/mol. The van der Waals surface area contributed by atoms with E-state index in [9.17, 15) is 9.90 Å². The van der Waals surface area contributed by atoms with Crippen molar-refractivity contribution in [3.8, 4) is 5.75 Å². The number of ether oxygens (including phenoxy) is 1. The molecule has 0 aromatic heterocycles. The topological polar surface area (TPSA) is 46.5 Å². The molecule has 0 heterocycles. The molecule has 0 aliphatic carbocycles. The van der Waals surface area contributed by atoms with Gasteiger partial charge in [-0.3, -0.25) is 0 Å². The van der Waals surface area contributed by atoms with Crippen LogP contribution in [-0.4, -0.2) is 17.2 Å². The van der Waals surface area contributed by atoms with Crippen LogP contribution in [0.4, 0.5) is 0 Å². The number of hydrogen-bond acceptors (Lipinski definition) is 3. The second-order valence-corrected chi connectivity index (χ2v) is 3.87. The molecule has 3 nitrogen and oxygen atoms in total. The zero-order chi connectivity index (χ0) is 12.1. The number of rotatable bonds is 4. The molecule has 0 saturated heterocycles. The van der Waals surface area contributed by atoms with Gasteiger partial charge in [-0.25, -0.2) is 4.79 Å². The van der Waals surface area contributed by atoms with E-state index in [2.05, 4.69) is 6.58 Å². The molecule has 1 rings (SSSR count). The summed E-state index contributed by atoms with van der Waals surface area (Å²) in [5, 5.41) is 9.24. The zero-order valence-electron chi connectivity index (χ0n) is 9.56. The van der Waals surface area contributed by atoms with E-state index in [1.165, 1.54) is 0 Å². The lowest BCUT2D eigenvalue weighted by Gasteiger charge is -2.07. The van der Waals surface area contributed by atoms with E-state index >= 15 is 0 Å². The molecule has 1 N–H and O–H groups in total. The van der Waals surface area contributed by atoms with E-state index in [0.717, 1.165) is 5.56 Å². The van der Waals surface area contributed by atoms with Crippen LogP contribution in [0, 0.1) is 0 Å². The Hall–Kier alpha value is -1.61. The number of esters is 1. The Morgan fingerprint density at radius 2 is 2.25 bits per heavy atom. The lowest BCUT2D eigenvalue weighted by Crippen LogP contribution is -2.09. The van der Waals surface area contributed by atoms with E-state index in [4.69, 9.17) is 4.74 Å². The Morgan fingerprint density at radius 1 is 1.56 bits per heavy atom. The van der Waals surface area contributed by atoms with Crippen molar-refractivity contribution in [3.05, 3.63) is 42.0 Å². The summed E-state index contributed by atoms with van der Waals surface area (Å²) in [6, 6.07) is 7.11. The molecule has 1 aromatic carbocycles. The first-order valence-corrected chi connectivity index (χ1v) is 5.13. The molecule has 0 aliphatic rings. The van der Waals surface area contributed by atoms with Gasteiger partial charge in [0.05, 0.1) is 6.10 Å². The fourth-order valence-corrected chi connectivity index (χ4v) is 1.27. The summed E-state index contributed by atoms with van der Waals surface area (Å²) in [7, 11) is 0. The molecule has 0 saturated carbocycles. The van der Waals surface area contributed by atoms with Gasteiger partial charge in [-0.05, 0) is 38.0 Å². The summed E-state index contributed by atoms with van der Waals surface area (Å²) in [6.45, 7) is 6.82. The van der Waals surface area contributed by atoms with Gasteiger partial charge in [-0.1, -0.05) is 18.7 Å². The molecule has 0 amide bonds. The first kappa shape index (κ1) is 12.5. The van der Waals surface area contributed by atoms with E-state index < -0.39 is 12.1 Å². The lowest BCUT2D eigenvalue weighted by atomic mass is 10.1. The second kappa shape index (κ2) is 5.47. The van der Waals surface area contributed by atoms with Crippen LogP contribution in [0.15, 0.2) is 36.4 Å². The molecule has 0 spiro atoms. The maximum absolute atomic E-state index is 11.3. The highest BCUT2D eigenvalue weighted by Gasteiger charge is 2.06. The third-order valence-electron chi connectivity index (χ3n) is 1.99. The smallest absolute Gasteiger partial charge is 0.338 e. The Morgan fingerprint density at radius 3 is 2.81 bits per heavy atom. The molecule has 0 bridgehead atoms. The van der Waals surface area contributed by atoms with Crippen LogP contribution >= 0.6 is 0 Å². The first-order chi connectivity index (χ1) is 7.49. The minimum Gasteiger partial charge on any atom is -0.423 e. The number of aliphatic hydroxyl groups excluding tert-OH is 1. The predicted octanol–water partition coefficient (Wildman–Crippen LogP) is 2.09. The Labute approximate surface area is 95.4 Å². The fraction of sp³-hybridized carbons (Fsp3) is 0.308. The van der Waals surface area contributed by atoms with Crippen molar-refractivity contribution in [2.45, 2.75) is 26.4 Å². The summed E-state index contributed by atoms with van der Waals surface area (Å²) in [6.07, 6.45) is 0.130. The summed E-state index contributed by atoms with van der Waals surface area (Å²) in [5.74, 6) is 0.0420. The van der Waals surface area contributed by atoms with Crippen LogP contribution in [0.5, 0.6) is 5.75 Å². The van der Waals surface area contributed by atoms with E-state index in [1.54, 1.807) is 32.0 Å². The van der Waals surface area contributed by atoms with Gasteiger partial charge in [0, 0.05) is 5.57 Å². The molecule has 0 radical (unpaired) electrons. The van der Waals surface area contributed by atoms with E-state index in [1.807, 2.05) is 6.07 Å². The van der Waals surface area contributed by atoms with Crippen molar-refractivity contribution in [2.24, 2.45) is 0 Å². The number of aliphatic hydroxyl groups is 1. The van der Waals surface area contributed by atoms with Crippen molar-refractivity contribution in [1.29, 1.82) is 0 Å². The van der Waals surface area contributed by atoms with Gasteiger partial charge in [-0.15, -0.1) is 0 Å². The minimum atomic E-state index is -0.436. The van der Waals surface area contributed by atoms with Crippen LogP contribution in [0.2, 0.25) is 0 Å². The van der Waals surface area contributed by atoms with Gasteiger partial charge >= 0.3 is 5.97 Å². The fourth-order valence-electron chi connectivity index (χ4n) is 1.27. The average molecular weight is 220 g/mol. The molecule has 1 aromatic rings. The van der Waals surface area contributed by atoms with E-state index in [0.29, 0.717) is 17.7 Å². The van der Waals surface area contributed by atoms with Gasteiger partial charge < -0.3 is 9.84 Å². The molecular formula is C13H16O3. The van der Waals surface area contributed by atoms with Crippen LogP contribution in [-0.2, 0) is 11.2 Å². The van der Waals surface area contributed by atoms with Gasteiger partial charge in [0.25, 0.3) is 0 Å². The van der Waals surface area contributed by atoms with Gasteiger partial charge in [0.1, 0.15) is 5.75 Å². The van der Waals surface area contributed by atoms with Crippen LogP contribution < -0.4 is 4.74 Å². The molecule has 16 heavy (non-hydrogen) atoms. The highest BCUT2D eigenvalue weighted by Crippen LogP contribution is 2.15. The van der Waals surface area contributed by atoms with Crippen LogP contribution in [0.25, 0.3) is 0 Å². The number of carbonyl (C=O) groups excluding carboxylic acids is 1. The largest absolute Gasteiger partial charge is 0.423 e. The molecule has 0 aliphatic heterocycles. The maximum atomic E-state index is 11.3. The summed E-state index contributed by atoms with van der Waals surface area (Å²) < 4.78 is 5.08. The number of hydrogen-bond donors (Lipinski definition) is 1. The highest BCUT2D eigenvalue weighted by molar-refractivity contribution is 5.88. The third kappa shape index (κ3) is 3.87. The van der Waals surface area contributed by atoms with Gasteiger partial charge in [0.2, 0.25) is 0 Å². The molecule has 1 unspecified atom stereocenters. The van der Waals surface area contributed by atoms with Crippen molar-refractivity contribution in [1.82, 2.24) is 0 Å². The Balaban J connectivity index is 2.74. The van der Waals surface area contributed by atoms with Crippen molar-refractivity contribution < 1.29 is 14.6 Å². The normalized spacial score (nSPS) is 11.9. The van der Waals surface area contributed by atoms with Crippen LogP contribution in [0.3, 0.4) is 0 Å². The quantitative estimate of drug-likeness (QED) is 0.480. The average Bonchev–Trinajstić information content (AvgIpc) is 2.16. The monoisotopic (exact) mass is 220 g/mol.